The molecule has 0 saturated heterocycles. The lowest BCUT2D eigenvalue weighted by molar-refractivity contribution is 0.561. The van der Waals surface area contributed by atoms with Gasteiger partial charge in [-0.15, -0.1) is 0 Å². The van der Waals surface area contributed by atoms with Crippen LogP contribution >= 0.6 is 0 Å². The first kappa shape index (κ1) is 12.6. The maximum absolute atomic E-state index is 10.9. The quantitative estimate of drug-likeness (QED) is 0.787. The maximum Gasteiger partial charge on any atom is 0.171 e. The van der Waals surface area contributed by atoms with Crippen molar-refractivity contribution in [1.82, 2.24) is 0 Å². The highest BCUT2D eigenvalue weighted by Crippen LogP contribution is 2.09. The van der Waals surface area contributed by atoms with Crippen LogP contribution in [0.5, 0.6) is 0 Å². The molecule has 0 aliphatic carbocycles. The zero-order valence-corrected chi connectivity index (χ0v) is 9.61. The highest BCUT2D eigenvalue weighted by atomic mass is 32.8. The van der Waals surface area contributed by atoms with Crippen LogP contribution < -0.4 is 0 Å². The zero-order chi connectivity index (χ0) is 10.5. The van der Waals surface area contributed by atoms with Crippen molar-refractivity contribution in [3.63, 3.8) is 0 Å². The van der Waals surface area contributed by atoms with E-state index in [0.29, 0.717) is 4.90 Å². The van der Waals surface area contributed by atoms with Gasteiger partial charge in [0, 0.05) is 11.2 Å². The van der Waals surface area contributed by atoms with Crippen LogP contribution in [-0.4, -0.2) is 8.76 Å². The van der Waals surface area contributed by atoms with Crippen molar-refractivity contribution >= 4 is 20.0 Å². The summed E-state index contributed by atoms with van der Waals surface area (Å²) in [5.74, 6) is 0. The third-order valence-electron chi connectivity index (χ3n) is 1.32. The van der Waals surface area contributed by atoms with Gasteiger partial charge >= 0.3 is 0 Å². The second-order valence-electron chi connectivity index (χ2n) is 2.29. The van der Waals surface area contributed by atoms with Gasteiger partial charge < -0.3 is 4.55 Å². The molecule has 2 nitrogen and oxygen atoms in total. The fraction of sp³-hybridized carbons (Fsp3) is 0.333. The Hall–Kier alpha value is -0.450. The summed E-state index contributed by atoms with van der Waals surface area (Å²) < 4.78 is 19.8. The molecule has 13 heavy (non-hydrogen) atoms. The summed E-state index contributed by atoms with van der Waals surface area (Å²) in [5.41, 5.74) is 1.05. The lowest BCUT2D eigenvalue weighted by atomic mass is 10.2. The minimum atomic E-state index is -3.19. The van der Waals surface area contributed by atoms with E-state index in [4.69, 9.17) is 4.55 Å². The van der Waals surface area contributed by atoms with Crippen molar-refractivity contribution in [3.05, 3.63) is 29.8 Å². The van der Waals surface area contributed by atoms with Gasteiger partial charge in [-0.2, -0.15) is 0 Å². The first-order valence-corrected chi connectivity index (χ1v) is 6.48. The summed E-state index contributed by atoms with van der Waals surface area (Å²) >= 11 is 4.38. The number of hydrogen-bond donors (Lipinski definition) is 1. The lowest BCUT2D eigenvalue weighted by Crippen LogP contribution is -1.95. The van der Waals surface area contributed by atoms with Gasteiger partial charge in [-0.1, -0.05) is 31.5 Å². The van der Waals surface area contributed by atoms with Gasteiger partial charge in [-0.05, 0) is 19.1 Å². The molecule has 0 aliphatic rings. The Bertz CT molecular complexity index is 338. The van der Waals surface area contributed by atoms with Crippen LogP contribution in [0, 0.1) is 6.92 Å². The molecular weight excluding hydrogens is 204 g/mol. The molecule has 0 aliphatic heterocycles. The highest BCUT2D eigenvalue weighted by molar-refractivity contribution is 8.29. The van der Waals surface area contributed by atoms with E-state index in [0.717, 1.165) is 5.56 Å². The summed E-state index contributed by atoms with van der Waals surface area (Å²) in [6, 6.07) is 6.67. The average Bonchev–Trinajstić information content (AvgIpc) is 2.07. The van der Waals surface area contributed by atoms with Gasteiger partial charge in [0.25, 0.3) is 0 Å². The predicted molar refractivity (Wildman–Crippen MR) is 58.9 cm³/mol. The van der Waals surface area contributed by atoms with E-state index in [1.807, 2.05) is 20.8 Å². The SMILES string of the molecule is CC.Cc1ccc(S(=O)(O)=S)cc1. The van der Waals surface area contributed by atoms with Crippen molar-refractivity contribution in [2.45, 2.75) is 25.7 Å². The fourth-order valence-electron chi connectivity index (χ4n) is 0.710. The molecule has 0 radical (unpaired) electrons. The van der Waals surface area contributed by atoms with Gasteiger partial charge in [-0.25, -0.2) is 4.21 Å². The van der Waals surface area contributed by atoms with Gasteiger partial charge in [0.2, 0.25) is 0 Å². The molecule has 0 saturated carbocycles. The lowest BCUT2D eigenvalue weighted by Gasteiger charge is -1.98. The molecule has 0 aromatic heterocycles. The van der Waals surface area contributed by atoms with Crippen LogP contribution in [0.25, 0.3) is 0 Å². The first-order chi connectivity index (χ1) is 6.00. The van der Waals surface area contributed by atoms with Crippen molar-refractivity contribution in [2.75, 3.05) is 0 Å². The number of hydrogen-bond acceptors (Lipinski definition) is 2. The highest BCUT2D eigenvalue weighted by Gasteiger charge is 2.02. The van der Waals surface area contributed by atoms with Crippen LogP contribution in [0.3, 0.4) is 0 Å². The Morgan fingerprint density at radius 3 is 1.92 bits per heavy atom. The Kier molecular flexibility index (Phi) is 5.13. The Morgan fingerprint density at radius 1 is 1.23 bits per heavy atom. The van der Waals surface area contributed by atoms with E-state index >= 15 is 0 Å². The van der Waals surface area contributed by atoms with Crippen LogP contribution in [0.2, 0.25) is 0 Å². The molecule has 1 aromatic carbocycles. The zero-order valence-electron chi connectivity index (χ0n) is 7.98. The Labute approximate surface area is 84.5 Å². The molecule has 0 amide bonds. The smallest absolute Gasteiger partial charge is 0.171 e. The van der Waals surface area contributed by atoms with Gasteiger partial charge in [-0.3, -0.25) is 0 Å². The summed E-state index contributed by atoms with van der Waals surface area (Å²) in [7, 11) is -3.19. The van der Waals surface area contributed by atoms with E-state index in [-0.39, 0.29) is 0 Å². The van der Waals surface area contributed by atoms with E-state index in [2.05, 4.69) is 11.2 Å². The molecule has 1 N–H and O–H groups in total. The van der Waals surface area contributed by atoms with Gasteiger partial charge in [0.15, 0.2) is 8.77 Å². The fourth-order valence-corrected chi connectivity index (χ4v) is 1.52. The summed E-state index contributed by atoms with van der Waals surface area (Å²) in [5, 5.41) is 0. The van der Waals surface area contributed by atoms with E-state index in [1.54, 1.807) is 24.3 Å². The molecule has 1 atom stereocenters. The topological polar surface area (TPSA) is 37.3 Å². The van der Waals surface area contributed by atoms with Crippen molar-refractivity contribution < 1.29 is 8.76 Å². The summed E-state index contributed by atoms with van der Waals surface area (Å²) in [6.07, 6.45) is 0. The number of benzene rings is 1. The Balaban J connectivity index is 0.000000671. The minimum Gasteiger partial charge on any atom is -0.302 e. The second kappa shape index (κ2) is 5.32. The maximum atomic E-state index is 10.9. The third-order valence-corrected chi connectivity index (χ3v) is 2.76. The van der Waals surface area contributed by atoms with E-state index in [1.165, 1.54) is 0 Å². The molecule has 0 spiro atoms. The van der Waals surface area contributed by atoms with E-state index < -0.39 is 8.77 Å². The van der Waals surface area contributed by atoms with Crippen molar-refractivity contribution in [3.8, 4) is 0 Å². The first-order valence-electron chi connectivity index (χ1n) is 4.04. The van der Waals surface area contributed by atoms with Crippen LogP contribution in [0.4, 0.5) is 0 Å². The van der Waals surface area contributed by atoms with E-state index in [9.17, 15) is 4.21 Å². The monoisotopic (exact) mass is 218 g/mol. The number of aryl methyl sites for hydroxylation is 1. The second-order valence-corrected chi connectivity index (χ2v) is 5.07. The predicted octanol–water partition coefficient (Wildman–Crippen LogP) is 2.60. The molecule has 1 rings (SSSR count). The third kappa shape index (κ3) is 4.36. The standard InChI is InChI=1S/C7H8O2S2.C2H6/c1-6-2-4-7(5-3-6)11(8,9)10;1-2/h2-5H,1H3,(H,8,9,10);1-2H3. The van der Waals surface area contributed by atoms with Crippen molar-refractivity contribution in [1.29, 1.82) is 0 Å². The molecule has 0 fully saturated rings. The van der Waals surface area contributed by atoms with Crippen LogP contribution in [-0.2, 0) is 20.0 Å². The average molecular weight is 218 g/mol. The molecule has 1 aromatic rings. The molecule has 0 heterocycles. The van der Waals surface area contributed by atoms with Gasteiger partial charge in [0.1, 0.15) is 0 Å². The number of rotatable bonds is 1. The molecule has 74 valence electrons. The van der Waals surface area contributed by atoms with Crippen molar-refractivity contribution in [2.24, 2.45) is 0 Å². The molecule has 1 unspecified atom stereocenters. The summed E-state index contributed by atoms with van der Waals surface area (Å²) in [6.45, 7) is 5.91. The normalized spacial score (nSPS) is 13.8. The molecule has 4 heteroatoms. The largest absolute Gasteiger partial charge is 0.302 e. The Morgan fingerprint density at radius 2 is 1.62 bits per heavy atom. The van der Waals surface area contributed by atoms with Crippen LogP contribution in [0.15, 0.2) is 29.2 Å². The minimum absolute atomic E-state index is 0.304. The summed E-state index contributed by atoms with van der Waals surface area (Å²) in [4.78, 5) is 0.304. The van der Waals surface area contributed by atoms with Crippen LogP contribution in [0.1, 0.15) is 19.4 Å². The van der Waals surface area contributed by atoms with Gasteiger partial charge in [0.05, 0.1) is 4.90 Å². The molecular formula is C9H14O2S2. The molecule has 0 bridgehead atoms.